The van der Waals surface area contributed by atoms with Crippen molar-refractivity contribution < 1.29 is 19.4 Å². The summed E-state index contributed by atoms with van der Waals surface area (Å²) in [5.74, 6) is 0.198. The van der Waals surface area contributed by atoms with E-state index in [1.807, 2.05) is 85.8 Å². The van der Waals surface area contributed by atoms with E-state index in [9.17, 15) is 14.7 Å². The van der Waals surface area contributed by atoms with Gasteiger partial charge in [0.25, 0.3) is 5.91 Å². The Kier molecular flexibility index (Phi) is 5.73. The Morgan fingerprint density at radius 1 is 0.935 bits per heavy atom. The number of aliphatic hydroxyl groups excluding tert-OH is 1. The molecule has 1 saturated heterocycles. The third-order valence-electron chi connectivity index (χ3n) is 5.34. The number of urea groups is 1. The van der Waals surface area contributed by atoms with Gasteiger partial charge >= 0.3 is 6.03 Å². The van der Waals surface area contributed by atoms with Crippen molar-refractivity contribution in [3.63, 3.8) is 0 Å². The maximum absolute atomic E-state index is 13.6. The number of aryl methyl sites for hydroxylation is 1. The van der Waals surface area contributed by atoms with E-state index >= 15 is 0 Å². The first-order chi connectivity index (χ1) is 15.0. The second-order valence-electron chi connectivity index (χ2n) is 7.61. The summed E-state index contributed by atoms with van der Waals surface area (Å²) in [5.41, 5.74) is 1.02. The van der Waals surface area contributed by atoms with Crippen LogP contribution in [0.2, 0.25) is 0 Å². The Labute approximate surface area is 181 Å². The molecule has 3 aromatic carbocycles. The minimum Gasteiger partial charge on any atom is -0.491 e. The molecular formula is C25H24N2O4. The molecule has 1 heterocycles. The van der Waals surface area contributed by atoms with E-state index in [1.54, 1.807) is 6.07 Å². The van der Waals surface area contributed by atoms with Gasteiger partial charge in [-0.25, -0.2) is 4.79 Å². The normalized spacial score (nSPS) is 16.1. The van der Waals surface area contributed by atoms with Gasteiger partial charge in [-0.3, -0.25) is 9.69 Å². The van der Waals surface area contributed by atoms with E-state index in [2.05, 4.69) is 5.32 Å². The van der Waals surface area contributed by atoms with Gasteiger partial charge < -0.3 is 15.2 Å². The standard InChI is InChI=1S/C25H24N2O4/c1-18-9-8-14-22(15-18)31-17-21(28)16-27-23(29)25(26-24(27)30,19-10-4-2-5-11-19)20-12-6-3-7-13-20/h2-15,21,28H,16-17H2,1H3,(H,26,30). The number of hydrogen-bond donors (Lipinski definition) is 2. The van der Waals surface area contributed by atoms with Crippen molar-refractivity contribution in [1.82, 2.24) is 10.2 Å². The summed E-state index contributed by atoms with van der Waals surface area (Å²) in [6.45, 7) is 1.74. The monoisotopic (exact) mass is 416 g/mol. The molecular weight excluding hydrogens is 392 g/mol. The second kappa shape index (κ2) is 8.62. The van der Waals surface area contributed by atoms with Gasteiger partial charge in [-0.1, -0.05) is 72.8 Å². The minimum absolute atomic E-state index is 0.0375. The van der Waals surface area contributed by atoms with Crippen LogP contribution >= 0.6 is 0 Å². The molecule has 1 atom stereocenters. The van der Waals surface area contributed by atoms with Gasteiger partial charge in [-0.15, -0.1) is 0 Å². The molecule has 0 saturated carbocycles. The molecule has 6 nitrogen and oxygen atoms in total. The molecule has 3 amide bonds. The Balaban J connectivity index is 1.56. The molecule has 0 aromatic heterocycles. The number of nitrogens with one attached hydrogen (secondary N) is 1. The van der Waals surface area contributed by atoms with Crippen molar-refractivity contribution >= 4 is 11.9 Å². The van der Waals surface area contributed by atoms with Gasteiger partial charge in [-0.05, 0) is 35.7 Å². The lowest BCUT2D eigenvalue weighted by Crippen LogP contribution is -2.46. The van der Waals surface area contributed by atoms with Crippen LogP contribution in [0.25, 0.3) is 0 Å². The number of carbonyl (C=O) groups is 2. The number of rotatable bonds is 7. The van der Waals surface area contributed by atoms with Crippen molar-refractivity contribution in [2.75, 3.05) is 13.2 Å². The fourth-order valence-electron chi connectivity index (χ4n) is 3.84. The zero-order valence-corrected chi connectivity index (χ0v) is 17.2. The lowest BCUT2D eigenvalue weighted by atomic mass is 9.82. The van der Waals surface area contributed by atoms with Crippen LogP contribution in [0.3, 0.4) is 0 Å². The smallest absolute Gasteiger partial charge is 0.325 e. The predicted octanol–water partition coefficient (Wildman–Crippen LogP) is 3.23. The maximum Gasteiger partial charge on any atom is 0.325 e. The van der Waals surface area contributed by atoms with E-state index in [4.69, 9.17) is 4.74 Å². The van der Waals surface area contributed by atoms with E-state index in [0.29, 0.717) is 16.9 Å². The van der Waals surface area contributed by atoms with Crippen LogP contribution in [-0.2, 0) is 10.3 Å². The fraction of sp³-hybridized carbons (Fsp3) is 0.200. The number of aliphatic hydroxyl groups is 1. The molecule has 6 heteroatoms. The van der Waals surface area contributed by atoms with Gasteiger partial charge in [0.15, 0.2) is 5.54 Å². The average molecular weight is 416 g/mol. The first-order valence-electron chi connectivity index (χ1n) is 10.1. The molecule has 2 N–H and O–H groups in total. The summed E-state index contributed by atoms with van der Waals surface area (Å²) in [7, 11) is 0. The molecule has 4 rings (SSSR count). The number of ether oxygens (including phenoxy) is 1. The largest absolute Gasteiger partial charge is 0.491 e. The lowest BCUT2D eigenvalue weighted by molar-refractivity contribution is -0.131. The molecule has 0 bridgehead atoms. The molecule has 0 aliphatic carbocycles. The highest BCUT2D eigenvalue weighted by Gasteiger charge is 2.53. The maximum atomic E-state index is 13.6. The molecule has 3 aromatic rings. The van der Waals surface area contributed by atoms with Gasteiger partial charge in [0.1, 0.15) is 18.5 Å². The van der Waals surface area contributed by atoms with Crippen molar-refractivity contribution in [2.45, 2.75) is 18.6 Å². The van der Waals surface area contributed by atoms with Crippen LogP contribution < -0.4 is 10.1 Å². The molecule has 158 valence electrons. The third kappa shape index (κ3) is 4.02. The number of nitrogens with zero attached hydrogens (tertiary/aromatic N) is 1. The lowest BCUT2D eigenvalue weighted by Gasteiger charge is -2.28. The minimum atomic E-state index is -1.34. The number of amides is 3. The van der Waals surface area contributed by atoms with Crippen LogP contribution in [0.1, 0.15) is 16.7 Å². The molecule has 0 spiro atoms. The molecule has 1 aliphatic rings. The quantitative estimate of drug-likeness (QED) is 0.580. The fourth-order valence-corrected chi connectivity index (χ4v) is 3.84. The van der Waals surface area contributed by atoms with Gasteiger partial charge in [0.2, 0.25) is 0 Å². The van der Waals surface area contributed by atoms with Gasteiger partial charge in [0.05, 0.1) is 6.54 Å². The summed E-state index contributed by atoms with van der Waals surface area (Å²) in [6, 6.07) is 25.2. The van der Waals surface area contributed by atoms with Crippen LogP contribution in [-0.4, -0.2) is 41.2 Å². The number of benzene rings is 3. The zero-order valence-electron chi connectivity index (χ0n) is 17.2. The summed E-state index contributed by atoms with van der Waals surface area (Å²) >= 11 is 0. The van der Waals surface area contributed by atoms with Crippen molar-refractivity contribution in [1.29, 1.82) is 0 Å². The van der Waals surface area contributed by atoms with E-state index in [1.165, 1.54) is 0 Å². The van der Waals surface area contributed by atoms with Crippen LogP contribution in [0.5, 0.6) is 5.75 Å². The topological polar surface area (TPSA) is 78.9 Å². The van der Waals surface area contributed by atoms with Crippen LogP contribution in [0, 0.1) is 6.92 Å². The van der Waals surface area contributed by atoms with Gasteiger partial charge in [0, 0.05) is 0 Å². The average Bonchev–Trinajstić information content (AvgIpc) is 3.04. The van der Waals surface area contributed by atoms with Crippen molar-refractivity contribution in [2.24, 2.45) is 0 Å². The first kappa shape index (κ1) is 20.6. The highest BCUT2D eigenvalue weighted by atomic mass is 16.5. The van der Waals surface area contributed by atoms with E-state index < -0.39 is 23.6 Å². The summed E-state index contributed by atoms with van der Waals surface area (Å²) in [4.78, 5) is 27.5. The number of carbonyl (C=O) groups excluding carboxylic acids is 2. The zero-order chi connectivity index (χ0) is 21.8. The van der Waals surface area contributed by atoms with Crippen molar-refractivity contribution in [3.05, 3.63) is 102 Å². The van der Waals surface area contributed by atoms with Gasteiger partial charge in [-0.2, -0.15) is 0 Å². The summed E-state index contributed by atoms with van der Waals surface area (Å²) < 4.78 is 5.63. The summed E-state index contributed by atoms with van der Waals surface area (Å²) in [5, 5.41) is 13.4. The van der Waals surface area contributed by atoms with E-state index in [0.717, 1.165) is 10.5 Å². The molecule has 1 aliphatic heterocycles. The molecule has 0 radical (unpaired) electrons. The Morgan fingerprint density at radius 3 is 2.13 bits per heavy atom. The molecule has 1 fully saturated rings. The number of imide groups is 1. The molecule has 31 heavy (non-hydrogen) atoms. The van der Waals surface area contributed by atoms with Crippen LogP contribution in [0.4, 0.5) is 4.79 Å². The highest BCUT2D eigenvalue weighted by molar-refractivity contribution is 6.09. The Morgan fingerprint density at radius 2 is 1.55 bits per heavy atom. The molecule has 1 unspecified atom stereocenters. The highest BCUT2D eigenvalue weighted by Crippen LogP contribution is 2.36. The Bertz CT molecular complexity index is 1030. The van der Waals surface area contributed by atoms with E-state index in [-0.39, 0.29) is 13.2 Å². The second-order valence-corrected chi connectivity index (χ2v) is 7.61. The predicted molar refractivity (Wildman–Crippen MR) is 117 cm³/mol. The third-order valence-corrected chi connectivity index (χ3v) is 5.34. The first-order valence-corrected chi connectivity index (χ1v) is 10.1. The van der Waals surface area contributed by atoms with Crippen molar-refractivity contribution in [3.8, 4) is 5.75 Å². The number of hydrogen-bond acceptors (Lipinski definition) is 4. The Hall–Kier alpha value is -3.64. The summed E-state index contributed by atoms with van der Waals surface area (Å²) in [6.07, 6.45) is -1.03. The van der Waals surface area contributed by atoms with Crippen LogP contribution in [0.15, 0.2) is 84.9 Å². The number of β-amino-alcohol motifs (C(OH)–C–C–N with tert-alkyl or cyclic N) is 1. The SMILES string of the molecule is Cc1cccc(OCC(O)CN2C(=O)NC(c3ccccc3)(c3ccccc3)C2=O)c1.